The summed E-state index contributed by atoms with van der Waals surface area (Å²) in [5, 5.41) is 0. The first-order valence-corrected chi connectivity index (χ1v) is 6.28. The molecule has 0 radical (unpaired) electrons. The summed E-state index contributed by atoms with van der Waals surface area (Å²) < 4.78 is 0. The van der Waals surface area contributed by atoms with Crippen LogP contribution in [0.4, 0.5) is 0 Å². The second kappa shape index (κ2) is 4.89. The van der Waals surface area contributed by atoms with Gasteiger partial charge in [0.2, 0.25) is 0 Å². The van der Waals surface area contributed by atoms with Crippen molar-refractivity contribution in [3.05, 3.63) is 0 Å². The van der Waals surface area contributed by atoms with Gasteiger partial charge in [-0.25, -0.2) is 0 Å². The van der Waals surface area contributed by atoms with Crippen molar-refractivity contribution in [3.8, 4) is 0 Å². The smallest absolute Gasteiger partial charge is 0.0265 e. The molecule has 0 nitrogen and oxygen atoms in total. The van der Waals surface area contributed by atoms with Crippen LogP contribution < -0.4 is 0 Å². The quantitative estimate of drug-likeness (QED) is 0.626. The number of rotatable bonds is 3. The lowest BCUT2D eigenvalue weighted by atomic mass is 9.70. The molecule has 0 aliphatic heterocycles. The van der Waals surface area contributed by atoms with Crippen LogP contribution in [-0.2, 0) is 0 Å². The van der Waals surface area contributed by atoms with Gasteiger partial charge in [-0.2, -0.15) is 0 Å². The van der Waals surface area contributed by atoms with E-state index in [9.17, 15) is 0 Å². The van der Waals surface area contributed by atoms with Gasteiger partial charge < -0.3 is 0 Å². The second-order valence-electron chi connectivity index (χ2n) is 5.07. The summed E-state index contributed by atoms with van der Waals surface area (Å²) in [6.07, 6.45) is 5.30. The van der Waals surface area contributed by atoms with Crippen LogP contribution in [0.15, 0.2) is 0 Å². The van der Waals surface area contributed by atoms with E-state index in [4.69, 9.17) is 23.2 Å². The highest BCUT2D eigenvalue weighted by Gasteiger charge is 2.30. The van der Waals surface area contributed by atoms with E-state index >= 15 is 0 Å². The summed E-state index contributed by atoms with van der Waals surface area (Å²) in [7, 11) is 0. The highest BCUT2D eigenvalue weighted by atomic mass is 35.5. The predicted molar refractivity (Wildman–Crippen MR) is 60.7 cm³/mol. The maximum Gasteiger partial charge on any atom is 0.0265 e. The van der Waals surface area contributed by atoms with Crippen LogP contribution in [0.5, 0.6) is 0 Å². The Bertz CT molecular complexity index is 140. The van der Waals surface area contributed by atoms with E-state index < -0.39 is 0 Å². The van der Waals surface area contributed by atoms with E-state index in [0.717, 1.165) is 17.7 Å². The molecule has 2 heteroatoms. The summed E-state index contributed by atoms with van der Waals surface area (Å²) in [6.45, 7) is 4.72. The van der Waals surface area contributed by atoms with Crippen molar-refractivity contribution < 1.29 is 0 Å². The Labute approximate surface area is 92.0 Å². The zero-order valence-electron chi connectivity index (χ0n) is 8.65. The van der Waals surface area contributed by atoms with Crippen LogP contribution in [0, 0.1) is 17.3 Å². The zero-order chi connectivity index (χ0) is 9.90. The molecule has 1 fully saturated rings. The maximum atomic E-state index is 5.89. The van der Waals surface area contributed by atoms with Crippen LogP contribution >= 0.6 is 23.2 Å². The summed E-state index contributed by atoms with van der Waals surface area (Å²) in [5.74, 6) is 2.78. The molecule has 0 unspecified atom stereocenters. The van der Waals surface area contributed by atoms with Crippen LogP contribution in [0.2, 0.25) is 0 Å². The molecule has 0 saturated heterocycles. The SMILES string of the molecule is CC1(C)CCC(C(CCl)CCl)CC1. The summed E-state index contributed by atoms with van der Waals surface area (Å²) in [5.41, 5.74) is 0.555. The second-order valence-corrected chi connectivity index (χ2v) is 5.69. The van der Waals surface area contributed by atoms with Crippen molar-refractivity contribution in [2.45, 2.75) is 39.5 Å². The van der Waals surface area contributed by atoms with Gasteiger partial charge in [0, 0.05) is 11.8 Å². The average molecular weight is 223 g/mol. The minimum Gasteiger partial charge on any atom is -0.126 e. The molecule has 0 spiro atoms. The highest BCUT2D eigenvalue weighted by Crippen LogP contribution is 2.41. The van der Waals surface area contributed by atoms with Gasteiger partial charge in [-0.15, -0.1) is 23.2 Å². The third kappa shape index (κ3) is 3.32. The van der Waals surface area contributed by atoms with Crippen LogP contribution in [0.1, 0.15) is 39.5 Å². The Hall–Kier alpha value is 0.580. The van der Waals surface area contributed by atoms with Crippen molar-refractivity contribution in [3.63, 3.8) is 0 Å². The molecule has 1 saturated carbocycles. The highest BCUT2D eigenvalue weighted by molar-refractivity contribution is 6.20. The zero-order valence-corrected chi connectivity index (χ0v) is 10.2. The Balaban J connectivity index is 2.39. The van der Waals surface area contributed by atoms with E-state index in [-0.39, 0.29) is 0 Å². The molecule has 0 atom stereocenters. The lowest BCUT2D eigenvalue weighted by Gasteiger charge is -2.37. The fourth-order valence-corrected chi connectivity index (χ4v) is 3.02. The monoisotopic (exact) mass is 222 g/mol. The van der Waals surface area contributed by atoms with Crippen molar-refractivity contribution in [1.29, 1.82) is 0 Å². The van der Waals surface area contributed by atoms with E-state index in [1.165, 1.54) is 25.7 Å². The maximum absolute atomic E-state index is 5.89. The molecule has 0 amide bonds. The Morgan fingerprint density at radius 2 is 1.62 bits per heavy atom. The van der Waals surface area contributed by atoms with Gasteiger partial charge >= 0.3 is 0 Å². The Morgan fingerprint density at radius 1 is 1.15 bits per heavy atom. The first kappa shape index (κ1) is 11.7. The molecular formula is C11H20Cl2. The number of alkyl halides is 2. The fourth-order valence-electron chi connectivity index (χ4n) is 2.19. The molecule has 1 aliphatic carbocycles. The minimum atomic E-state index is 0.541. The van der Waals surface area contributed by atoms with E-state index in [2.05, 4.69) is 13.8 Å². The van der Waals surface area contributed by atoms with E-state index in [1.54, 1.807) is 0 Å². The third-order valence-electron chi connectivity index (χ3n) is 3.45. The van der Waals surface area contributed by atoms with Gasteiger partial charge in [-0.3, -0.25) is 0 Å². The molecule has 0 aromatic carbocycles. The number of hydrogen-bond acceptors (Lipinski definition) is 0. The fraction of sp³-hybridized carbons (Fsp3) is 1.00. The third-order valence-corrected chi connectivity index (χ3v) is 4.24. The normalized spacial score (nSPS) is 23.8. The topological polar surface area (TPSA) is 0 Å². The Kier molecular flexibility index (Phi) is 4.38. The van der Waals surface area contributed by atoms with Gasteiger partial charge in [-0.1, -0.05) is 13.8 Å². The summed E-state index contributed by atoms with van der Waals surface area (Å²) >= 11 is 11.8. The standard InChI is InChI=1S/C11H20Cl2/c1-11(2)5-3-9(4-6-11)10(7-12)8-13/h9-10H,3-8H2,1-2H3. The van der Waals surface area contributed by atoms with Gasteiger partial charge in [0.05, 0.1) is 0 Å². The molecule has 13 heavy (non-hydrogen) atoms. The van der Waals surface area contributed by atoms with Crippen LogP contribution in [0.3, 0.4) is 0 Å². The molecule has 0 heterocycles. The largest absolute Gasteiger partial charge is 0.126 e. The molecule has 78 valence electrons. The predicted octanol–water partition coefficient (Wildman–Crippen LogP) is 4.30. The van der Waals surface area contributed by atoms with Crippen molar-refractivity contribution in [2.24, 2.45) is 17.3 Å². The lowest BCUT2D eigenvalue weighted by molar-refractivity contribution is 0.163. The molecule has 0 N–H and O–H groups in total. The summed E-state index contributed by atoms with van der Waals surface area (Å²) in [4.78, 5) is 0. The van der Waals surface area contributed by atoms with Gasteiger partial charge in [-0.05, 0) is 42.9 Å². The first-order chi connectivity index (χ1) is 6.09. The molecule has 0 aromatic heterocycles. The number of hydrogen-bond donors (Lipinski definition) is 0. The molecule has 0 aromatic rings. The first-order valence-electron chi connectivity index (χ1n) is 5.21. The molecular weight excluding hydrogens is 203 g/mol. The van der Waals surface area contributed by atoms with E-state index in [0.29, 0.717) is 11.3 Å². The van der Waals surface area contributed by atoms with Crippen molar-refractivity contribution in [1.82, 2.24) is 0 Å². The van der Waals surface area contributed by atoms with Crippen LogP contribution in [-0.4, -0.2) is 11.8 Å². The molecule has 0 bridgehead atoms. The summed E-state index contributed by atoms with van der Waals surface area (Å²) in [6, 6.07) is 0. The van der Waals surface area contributed by atoms with Gasteiger partial charge in [0.15, 0.2) is 0 Å². The number of halogens is 2. The molecule has 1 aliphatic rings. The van der Waals surface area contributed by atoms with Crippen molar-refractivity contribution >= 4 is 23.2 Å². The molecule has 1 rings (SSSR count). The van der Waals surface area contributed by atoms with Gasteiger partial charge in [0.1, 0.15) is 0 Å². The van der Waals surface area contributed by atoms with E-state index in [1.807, 2.05) is 0 Å². The van der Waals surface area contributed by atoms with Crippen LogP contribution in [0.25, 0.3) is 0 Å². The minimum absolute atomic E-state index is 0.541. The average Bonchev–Trinajstić information content (AvgIpc) is 2.09. The van der Waals surface area contributed by atoms with Gasteiger partial charge in [0.25, 0.3) is 0 Å². The lowest BCUT2D eigenvalue weighted by Crippen LogP contribution is -2.27. The Morgan fingerprint density at radius 3 is 2.00 bits per heavy atom. The van der Waals surface area contributed by atoms with Crippen molar-refractivity contribution in [2.75, 3.05) is 11.8 Å².